The van der Waals surface area contributed by atoms with Crippen molar-refractivity contribution >= 4 is 5.84 Å². The quantitative estimate of drug-likeness (QED) is 0.388. The summed E-state index contributed by atoms with van der Waals surface area (Å²) in [5.74, 6) is 0.335. The number of amidine groups is 1. The fraction of sp³-hybridized carbons (Fsp3) is 0.444. The lowest BCUT2D eigenvalue weighted by atomic mass is 10.2. The number of rotatable bonds is 4. The van der Waals surface area contributed by atoms with E-state index in [-0.39, 0.29) is 11.4 Å². The summed E-state index contributed by atoms with van der Waals surface area (Å²) in [6.07, 6.45) is 2.51. The highest BCUT2D eigenvalue weighted by molar-refractivity contribution is 5.81. The number of allylic oxidation sites excluding steroid dienone is 2. The number of aliphatic imine (C=N–C) groups is 1. The Kier molecular flexibility index (Phi) is 5.57. The number of nitrogens with two attached hydrogens (primary N) is 2. The lowest BCUT2D eigenvalue weighted by Crippen LogP contribution is -2.12. The number of unbranched alkanes of at least 4 members (excludes halogenated alkanes) is 1. The first-order valence-corrected chi connectivity index (χ1v) is 4.28. The van der Waals surface area contributed by atoms with Crippen LogP contribution in [0.4, 0.5) is 0 Å². The molecule has 0 aromatic rings. The number of nitriles is 2. The lowest BCUT2D eigenvalue weighted by molar-refractivity contribution is 0.830. The summed E-state index contributed by atoms with van der Waals surface area (Å²) in [5.41, 5.74) is 10.5. The summed E-state index contributed by atoms with van der Waals surface area (Å²) in [5, 5.41) is 17.0. The van der Waals surface area contributed by atoms with Crippen LogP contribution in [0, 0.1) is 22.7 Å². The van der Waals surface area contributed by atoms with E-state index in [1.807, 2.05) is 6.92 Å². The molecule has 0 aromatic heterocycles. The van der Waals surface area contributed by atoms with Crippen LogP contribution >= 0.6 is 0 Å². The van der Waals surface area contributed by atoms with Gasteiger partial charge >= 0.3 is 0 Å². The molecule has 14 heavy (non-hydrogen) atoms. The maximum atomic E-state index is 8.60. The van der Waals surface area contributed by atoms with Gasteiger partial charge in [0.1, 0.15) is 23.7 Å². The van der Waals surface area contributed by atoms with Gasteiger partial charge in [-0.05, 0) is 6.42 Å². The predicted molar refractivity (Wildman–Crippen MR) is 53.6 cm³/mol. The third-order valence-electron chi connectivity index (χ3n) is 1.52. The molecule has 0 spiro atoms. The largest absolute Gasteiger partial charge is 0.388 e. The Hall–Kier alpha value is -2.01. The molecule has 0 saturated heterocycles. The van der Waals surface area contributed by atoms with Crippen molar-refractivity contribution in [1.82, 2.24) is 0 Å². The van der Waals surface area contributed by atoms with Crippen LogP contribution in [0.15, 0.2) is 16.4 Å². The van der Waals surface area contributed by atoms with Crippen molar-refractivity contribution in [3.8, 4) is 12.1 Å². The van der Waals surface area contributed by atoms with Gasteiger partial charge in [-0.1, -0.05) is 13.3 Å². The second kappa shape index (κ2) is 6.50. The first-order chi connectivity index (χ1) is 6.65. The molecule has 0 rings (SSSR count). The molecule has 0 unspecified atom stereocenters. The SMILES string of the molecule is CCCCC(N)=N/C(C#N)=C(/N)C#N. The first-order valence-electron chi connectivity index (χ1n) is 4.28. The minimum atomic E-state index is -0.202. The van der Waals surface area contributed by atoms with E-state index in [0.717, 1.165) is 12.8 Å². The average Bonchev–Trinajstić information content (AvgIpc) is 2.21. The average molecular weight is 191 g/mol. The normalized spacial score (nSPS) is 12.6. The van der Waals surface area contributed by atoms with E-state index in [9.17, 15) is 0 Å². The fourth-order valence-corrected chi connectivity index (χ4v) is 0.756. The number of nitrogens with zero attached hydrogens (tertiary/aromatic N) is 3. The zero-order chi connectivity index (χ0) is 11.0. The summed E-state index contributed by atoms with van der Waals surface area (Å²) < 4.78 is 0. The lowest BCUT2D eigenvalue weighted by Gasteiger charge is -1.98. The molecule has 0 bridgehead atoms. The van der Waals surface area contributed by atoms with Crippen molar-refractivity contribution in [2.75, 3.05) is 0 Å². The molecule has 0 aromatic carbocycles. The Morgan fingerprint density at radius 1 is 1.29 bits per heavy atom. The highest BCUT2D eigenvalue weighted by Gasteiger charge is 2.01. The van der Waals surface area contributed by atoms with Crippen molar-refractivity contribution in [3.05, 3.63) is 11.4 Å². The molecule has 0 atom stereocenters. The smallest absolute Gasteiger partial charge is 0.176 e. The highest BCUT2D eigenvalue weighted by Crippen LogP contribution is 2.01. The van der Waals surface area contributed by atoms with Crippen LogP contribution in [0.3, 0.4) is 0 Å². The molecule has 0 aliphatic heterocycles. The zero-order valence-electron chi connectivity index (χ0n) is 8.12. The van der Waals surface area contributed by atoms with E-state index in [1.165, 1.54) is 0 Å². The van der Waals surface area contributed by atoms with Gasteiger partial charge in [-0.2, -0.15) is 10.5 Å². The molecule has 5 nitrogen and oxygen atoms in total. The Morgan fingerprint density at radius 2 is 1.93 bits per heavy atom. The van der Waals surface area contributed by atoms with Crippen molar-refractivity contribution in [1.29, 1.82) is 10.5 Å². The van der Waals surface area contributed by atoms with Gasteiger partial charge in [-0.3, -0.25) is 0 Å². The van der Waals surface area contributed by atoms with Crippen LogP contribution in [0.2, 0.25) is 0 Å². The summed E-state index contributed by atoms with van der Waals surface area (Å²) in [6, 6.07) is 3.37. The minimum absolute atomic E-state index is 0.110. The summed E-state index contributed by atoms with van der Waals surface area (Å²) >= 11 is 0. The van der Waals surface area contributed by atoms with Crippen molar-refractivity contribution in [2.45, 2.75) is 26.2 Å². The van der Waals surface area contributed by atoms with Crippen LogP contribution in [0.25, 0.3) is 0 Å². The van der Waals surface area contributed by atoms with Gasteiger partial charge in [0.05, 0.1) is 0 Å². The van der Waals surface area contributed by atoms with Gasteiger partial charge < -0.3 is 11.5 Å². The number of hydrogen-bond acceptors (Lipinski definition) is 4. The van der Waals surface area contributed by atoms with Gasteiger partial charge in [-0.25, -0.2) is 4.99 Å². The summed E-state index contributed by atoms with van der Waals surface area (Å²) in [7, 11) is 0. The third-order valence-corrected chi connectivity index (χ3v) is 1.52. The molecule has 4 N–H and O–H groups in total. The first kappa shape index (κ1) is 12.0. The Morgan fingerprint density at radius 3 is 2.36 bits per heavy atom. The molecular formula is C9H13N5. The number of hydrogen-bond donors (Lipinski definition) is 2. The van der Waals surface area contributed by atoms with E-state index in [0.29, 0.717) is 12.3 Å². The second-order valence-electron chi connectivity index (χ2n) is 2.69. The molecule has 0 aliphatic carbocycles. The monoisotopic (exact) mass is 191 g/mol. The van der Waals surface area contributed by atoms with Gasteiger partial charge in [0.25, 0.3) is 0 Å². The molecule has 0 saturated carbocycles. The molecule has 0 amide bonds. The fourth-order valence-electron chi connectivity index (χ4n) is 0.756. The second-order valence-corrected chi connectivity index (χ2v) is 2.69. The molecule has 74 valence electrons. The topological polar surface area (TPSA) is 112 Å². The van der Waals surface area contributed by atoms with Crippen LogP contribution < -0.4 is 11.5 Å². The van der Waals surface area contributed by atoms with E-state index < -0.39 is 0 Å². The minimum Gasteiger partial charge on any atom is -0.388 e. The van der Waals surface area contributed by atoms with E-state index in [2.05, 4.69) is 4.99 Å². The van der Waals surface area contributed by atoms with Gasteiger partial charge in [0.2, 0.25) is 0 Å². The predicted octanol–water partition coefficient (Wildman–Crippen LogP) is 0.751. The zero-order valence-corrected chi connectivity index (χ0v) is 8.12. The van der Waals surface area contributed by atoms with Crippen molar-refractivity contribution < 1.29 is 0 Å². The Balaban J connectivity index is 4.63. The van der Waals surface area contributed by atoms with E-state index >= 15 is 0 Å². The molecule has 0 heterocycles. The Bertz CT molecular complexity index is 326. The Labute approximate surface area is 83.3 Å². The van der Waals surface area contributed by atoms with Crippen LogP contribution in [-0.2, 0) is 0 Å². The van der Waals surface area contributed by atoms with Crippen molar-refractivity contribution in [2.24, 2.45) is 16.5 Å². The van der Waals surface area contributed by atoms with Gasteiger partial charge in [0.15, 0.2) is 5.70 Å². The maximum absolute atomic E-state index is 8.60. The van der Waals surface area contributed by atoms with Crippen molar-refractivity contribution in [3.63, 3.8) is 0 Å². The van der Waals surface area contributed by atoms with Gasteiger partial charge in [-0.15, -0.1) is 0 Å². The van der Waals surface area contributed by atoms with Crippen LogP contribution in [0.1, 0.15) is 26.2 Å². The standard InChI is InChI=1S/C9H13N5/c1-2-3-4-9(13)14-8(6-11)7(12)5-10/h2-4,12H2,1H3,(H2,13,14)/b8-7+. The summed E-state index contributed by atoms with van der Waals surface area (Å²) in [6.45, 7) is 2.03. The van der Waals surface area contributed by atoms with E-state index in [4.69, 9.17) is 22.0 Å². The van der Waals surface area contributed by atoms with E-state index in [1.54, 1.807) is 12.1 Å². The van der Waals surface area contributed by atoms with Crippen LogP contribution in [-0.4, -0.2) is 5.84 Å². The summed E-state index contributed by atoms with van der Waals surface area (Å²) in [4.78, 5) is 3.77. The highest BCUT2D eigenvalue weighted by atomic mass is 14.9. The maximum Gasteiger partial charge on any atom is 0.176 e. The van der Waals surface area contributed by atoms with Crippen LogP contribution in [0.5, 0.6) is 0 Å². The molecule has 5 heteroatoms. The third kappa shape index (κ3) is 4.13. The molecular weight excluding hydrogens is 178 g/mol. The molecule has 0 radical (unpaired) electrons. The molecule has 0 aliphatic rings. The van der Waals surface area contributed by atoms with Gasteiger partial charge in [0, 0.05) is 6.42 Å². The molecule has 0 fully saturated rings.